The second kappa shape index (κ2) is 7.03. The second-order valence-electron chi connectivity index (χ2n) is 5.41. The molecule has 0 radical (unpaired) electrons. The number of nitrogens with one attached hydrogen (secondary N) is 2. The largest absolute Gasteiger partial charge is 0.379 e. The zero-order chi connectivity index (χ0) is 16.2. The van der Waals surface area contributed by atoms with Crippen LogP contribution in [-0.2, 0) is 10.0 Å². The summed E-state index contributed by atoms with van der Waals surface area (Å²) in [5, 5.41) is 22.4. The molecule has 2 rings (SSSR count). The number of piperidine rings is 1. The molecule has 4 N–H and O–H groups in total. The molecule has 0 amide bonds. The molecule has 1 atom stereocenters. The molecule has 0 bridgehead atoms. The molecule has 0 aromatic heterocycles. The van der Waals surface area contributed by atoms with Gasteiger partial charge in [0, 0.05) is 12.6 Å². The number of anilines is 1. The summed E-state index contributed by atoms with van der Waals surface area (Å²) in [4.78, 5) is 10.2. The number of rotatable bonds is 6. The van der Waals surface area contributed by atoms with Gasteiger partial charge in [0.25, 0.3) is 5.69 Å². The minimum absolute atomic E-state index is 0.263. The van der Waals surface area contributed by atoms with Gasteiger partial charge in [0.1, 0.15) is 5.69 Å². The van der Waals surface area contributed by atoms with Gasteiger partial charge in [0.05, 0.1) is 9.82 Å². The van der Waals surface area contributed by atoms with Gasteiger partial charge >= 0.3 is 0 Å². The Morgan fingerprint density at radius 3 is 2.82 bits per heavy atom. The van der Waals surface area contributed by atoms with Crippen molar-refractivity contribution in [3.63, 3.8) is 0 Å². The molecule has 0 aliphatic carbocycles. The van der Waals surface area contributed by atoms with Crippen molar-refractivity contribution in [3.8, 4) is 0 Å². The van der Waals surface area contributed by atoms with E-state index in [0.29, 0.717) is 18.2 Å². The molecule has 1 fully saturated rings. The summed E-state index contributed by atoms with van der Waals surface area (Å²) in [6.07, 6.45) is 3.20. The molecular formula is C13H20N4O4S. The molecule has 8 nitrogen and oxygen atoms in total. The Morgan fingerprint density at radius 1 is 1.45 bits per heavy atom. The molecule has 122 valence electrons. The molecule has 0 spiro atoms. The number of hydrogen-bond acceptors (Lipinski definition) is 6. The molecule has 1 saturated heterocycles. The summed E-state index contributed by atoms with van der Waals surface area (Å²) in [5.41, 5.74) is 0.0227. The summed E-state index contributed by atoms with van der Waals surface area (Å²) < 4.78 is 22.5. The van der Waals surface area contributed by atoms with E-state index >= 15 is 0 Å². The van der Waals surface area contributed by atoms with Crippen LogP contribution in [0.1, 0.15) is 19.3 Å². The van der Waals surface area contributed by atoms with E-state index in [9.17, 15) is 18.5 Å². The minimum Gasteiger partial charge on any atom is -0.379 e. The average Bonchev–Trinajstić information content (AvgIpc) is 2.47. The topological polar surface area (TPSA) is 127 Å². The van der Waals surface area contributed by atoms with Gasteiger partial charge in [-0.05, 0) is 50.4 Å². The molecule has 1 aromatic rings. The highest BCUT2D eigenvalue weighted by molar-refractivity contribution is 7.89. The molecule has 1 aromatic carbocycles. The molecule has 1 heterocycles. The van der Waals surface area contributed by atoms with E-state index in [2.05, 4.69) is 10.6 Å². The Hall–Kier alpha value is -1.71. The van der Waals surface area contributed by atoms with Crippen LogP contribution in [0.15, 0.2) is 23.1 Å². The fourth-order valence-corrected chi connectivity index (χ4v) is 3.10. The highest BCUT2D eigenvalue weighted by Gasteiger charge is 2.19. The highest BCUT2D eigenvalue weighted by atomic mass is 32.2. The number of sulfonamides is 1. The van der Waals surface area contributed by atoms with Gasteiger partial charge in [0.2, 0.25) is 10.0 Å². The van der Waals surface area contributed by atoms with Gasteiger partial charge < -0.3 is 10.6 Å². The van der Waals surface area contributed by atoms with Crippen LogP contribution in [0.25, 0.3) is 0 Å². The number of nitro benzene ring substituents is 1. The van der Waals surface area contributed by atoms with Crippen LogP contribution in [0.5, 0.6) is 0 Å². The van der Waals surface area contributed by atoms with E-state index in [1.165, 1.54) is 12.1 Å². The Bertz CT molecular complexity index is 641. The number of nitrogens with two attached hydrogens (primary N) is 1. The molecule has 1 unspecified atom stereocenters. The van der Waals surface area contributed by atoms with E-state index in [1.54, 1.807) is 0 Å². The van der Waals surface area contributed by atoms with Gasteiger partial charge in [-0.2, -0.15) is 0 Å². The quantitative estimate of drug-likeness (QED) is 0.529. The van der Waals surface area contributed by atoms with Crippen molar-refractivity contribution < 1.29 is 13.3 Å². The van der Waals surface area contributed by atoms with Crippen molar-refractivity contribution in [2.24, 2.45) is 11.1 Å². The monoisotopic (exact) mass is 328 g/mol. The fraction of sp³-hybridized carbons (Fsp3) is 0.538. The van der Waals surface area contributed by atoms with Crippen LogP contribution in [0, 0.1) is 16.0 Å². The standard InChI is InChI=1S/C13H20N4O4S/c14-22(20,21)11-3-4-12(13(8-11)17(18)19)16-7-5-10-2-1-6-15-9-10/h3-4,8,10,15-16H,1-2,5-7,9H2,(H2,14,20,21). The van der Waals surface area contributed by atoms with Crippen molar-refractivity contribution in [2.75, 3.05) is 25.0 Å². The molecule has 9 heteroatoms. The summed E-state index contributed by atoms with van der Waals surface area (Å²) in [6, 6.07) is 3.64. The Labute approximate surface area is 129 Å². The van der Waals surface area contributed by atoms with Crippen LogP contribution in [0.3, 0.4) is 0 Å². The van der Waals surface area contributed by atoms with Crippen LogP contribution in [0.2, 0.25) is 0 Å². The normalized spacial score (nSPS) is 18.9. The van der Waals surface area contributed by atoms with E-state index in [0.717, 1.165) is 38.4 Å². The predicted molar refractivity (Wildman–Crippen MR) is 83.2 cm³/mol. The van der Waals surface area contributed by atoms with Gasteiger partial charge in [0.15, 0.2) is 0 Å². The molecule has 1 aliphatic heterocycles. The summed E-state index contributed by atoms with van der Waals surface area (Å²) in [5.74, 6) is 0.559. The number of benzene rings is 1. The van der Waals surface area contributed by atoms with E-state index in [4.69, 9.17) is 5.14 Å². The van der Waals surface area contributed by atoms with Crippen molar-refractivity contribution in [3.05, 3.63) is 28.3 Å². The lowest BCUT2D eigenvalue weighted by molar-refractivity contribution is -0.384. The van der Waals surface area contributed by atoms with E-state index < -0.39 is 14.9 Å². The lowest BCUT2D eigenvalue weighted by Gasteiger charge is -2.22. The van der Waals surface area contributed by atoms with Crippen LogP contribution >= 0.6 is 0 Å². The van der Waals surface area contributed by atoms with Crippen LogP contribution < -0.4 is 15.8 Å². The van der Waals surface area contributed by atoms with Crippen molar-refractivity contribution in [1.82, 2.24) is 5.32 Å². The SMILES string of the molecule is NS(=O)(=O)c1ccc(NCCC2CCCNC2)c([N+](=O)[O-])c1. The Morgan fingerprint density at radius 2 is 2.23 bits per heavy atom. The predicted octanol–water partition coefficient (Wildman–Crippen LogP) is 1.04. The second-order valence-corrected chi connectivity index (χ2v) is 6.97. The first-order valence-electron chi connectivity index (χ1n) is 7.14. The molecule has 0 saturated carbocycles. The highest BCUT2D eigenvalue weighted by Crippen LogP contribution is 2.27. The van der Waals surface area contributed by atoms with E-state index in [-0.39, 0.29) is 10.6 Å². The van der Waals surface area contributed by atoms with Crippen LogP contribution in [-0.4, -0.2) is 33.0 Å². The minimum atomic E-state index is -3.95. The third-order valence-electron chi connectivity index (χ3n) is 3.76. The number of hydrogen-bond donors (Lipinski definition) is 3. The zero-order valence-electron chi connectivity index (χ0n) is 12.1. The van der Waals surface area contributed by atoms with Crippen molar-refractivity contribution in [1.29, 1.82) is 0 Å². The van der Waals surface area contributed by atoms with E-state index in [1.807, 2.05) is 0 Å². The van der Waals surface area contributed by atoms with Gasteiger partial charge in [-0.15, -0.1) is 0 Å². The van der Waals surface area contributed by atoms with Gasteiger partial charge in [-0.1, -0.05) is 0 Å². The molecule has 22 heavy (non-hydrogen) atoms. The lowest BCUT2D eigenvalue weighted by Crippen LogP contribution is -2.30. The van der Waals surface area contributed by atoms with Crippen molar-refractivity contribution in [2.45, 2.75) is 24.2 Å². The smallest absolute Gasteiger partial charge is 0.293 e. The van der Waals surface area contributed by atoms with Crippen molar-refractivity contribution >= 4 is 21.4 Å². The number of nitrogens with zero attached hydrogens (tertiary/aromatic N) is 1. The first kappa shape index (κ1) is 16.7. The Kier molecular flexibility index (Phi) is 5.33. The maximum Gasteiger partial charge on any atom is 0.293 e. The molecular weight excluding hydrogens is 308 g/mol. The number of primary sulfonamides is 1. The fourth-order valence-electron chi connectivity index (χ4n) is 2.57. The molecule has 1 aliphatic rings. The average molecular weight is 328 g/mol. The maximum atomic E-state index is 11.3. The summed E-state index contributed by atoms with van der Waals surface area (Å²) >= 11 is 0. The maximum absolute atomic E-state index is 11.3. The van der Waals surface area contributed by atoms with Crippen LogP contribution in [0.4, 0.5) is 11.4 Å². The summed E-state index contributed by atoms with van der Waals surface area (Å²) in [7, 11) is -3.95. The third-order valence-corrected chi connectivity index (χ3v) is 4.67. The van der Waals surface area contributed by atoms with Gasteiger partial charge in [-0.25, -0.2) is 13.6 Å². The zero-order valence-corrected chi connectivity index (χ0v) is 12.9. The first-order valence-corrected chi connectivity index (χ1v) is 8.68. The summed E-state index contributed by atoms with van der Waals surface area (Å²) in [6.45, 7) is 2.61. The number of nitro groups is 1. The third kappa shape index (κ3) is 4.39. The lowest BCUT2D eigenvalue weighted by atomic mass is 9.96. The first-order chi connectivity index (χ1) is 10.4. The van der Waals surface area contributed by atoms with Gasteiger partial charge in [-0.3, -0.25) is 10.1 Å². The Balaban J connectivity index is 2.05.